The molecule has 31 heavy (non-hydrogen) atoms. The normalized spacial score (nSPS) is 10.6. The molecule has 0 aliphatic carbocycles. The minimum atomic E-state index is -0.479. The second-order valence-electron chi connectivity index (χ2n) is 7.06. The first-order chi connectivity index (χ1) is 15.0. The summed E-state index contributed by atoms with van der Waals surface area (Å²) >= 11 is 0. The Morgan fingerprint density at radius 1 is 1.23 bits per heavy atom. The molecule has 0 spiro atoms. The Morgan fingerprint density at radius 3 is 2.71 bits per heavy atom. The lowest BCUT2D eigenvalue weighted by atomic mass is 10.1. The first kappa shape index (κ1) is 21.9. The van der Waals surface area contributed by atoms with Crippen LogP contribution in [-0.4, -0.2) is 39.0 Å². The maximum Gasteiger partial charge on any atom is 0.273 e. The van der Waals surface area contributed by atoms with Crippen molar-refractivity contribution in [3.05, 3.63) is 75.6 Å². The molecular weight excluding hydrogens is 398 g/mol. The van der Waals surface area contributed by atoms with Gasteiger partial charge in [0, 0.05) is 18.7 Å². The Labute approximate surface area is 180 Å². The molecule has 9 nitrogen and oxygen atoms in total. The maximum absolute atomic E-state index is 12.5. The predicted octanol–water partition coefficient (Wildman–Crippen LogP) is 3.64. The van der Waals surface area contributed by atoms with E-state index in [2.05, 4.69) is 22.6 Å². The van der Waals surface area contributed by atoms with Crippen LogP contribution >= 0.6 is 0 Å². The molecule has 162 valence electrons. The summed E-state index contributed by atoms with van der Waals surface area (Å²) in [6.45, 7) is 4.97. The standard InChI is InChI=1S/C22H25N5O4/c1-3-4-14-31-20-10-8-17(9-11-20)12-13-23-22(28)21-16(2)26(25-24-21)18-6-5-7-19(15-18)27(29)30/h5-11,15H,3-4,12-14H2,1-2H3,(H,23,28). The molecule has 0 radical (unpaired) electrons. The zero-order chi connectivity index (χ0) is 22.2. The number of carbonyl (C=O) groups excluding carboxylic acids is 1. The number of nitro groups is 1. The lowest BCUT2D eigenvalue weighted by Crippen LogP contribution is -2.26. The summed E-state index contributed by atoms with van der Waals surface area (Å²) in [6.07, 6.45) is 2.79. The summed E-state index contributed by atoms with van der Waals surface area (Å²) in [5, 5.41) is 21.8. The van der Waals surface area contributed by atoms with E-state index in [9.17, 15) is 14.9 Å². The molecule has 0 bridgehead atoms. The number of aromatic nitrogens is 3. The molecule has 9 heteroatoms. The predicted molar refractivity (Wildman–Crippen MR) is 116 cm³/mol. The molecule has 1 heterocycles. The van der Waals surface area contributed by atoms with E-state index in [0.29, 0.717) is 31.0 Å². The van der Waals surface area contributed by atoms with Crippen LogP contribution in [0.1, 0.15) is 41.5 Å². The van der Waals surface area contributed by atoms with Gasteiger partial charge in [0.1, 0.15) is 5.75 Å². The molecule has 0 unspecified atom stereocenters. The van der Waals surface area contributed by atoms with E-state index in [1.807, 2.05) is 24.3 Å². The molecule has 0 fully saturated rings. The smallest absolute Gasteiger partial charge is 0.273 e. The van der Waals surface area contributed by atoms with Gasteiger partial charge < -0.3 is 10.1 Å². The lowest BCUT2D eigenvalue weighted by Gasteiger charge is -2.07. The average Bonchev–Trinajstić information content (AvgIpc) is 3.16. The van der Waals surface area contributed by atoms with Gasteiger partial charge >= 0.3 is 0 Å². The summed E-state index contributed by atoms with van der Waals surface area (Å²) in [7, 11) is 0. The summed E-state index contributed by atoms with van der Waals surface area (Å²) in [4.78, 5) is 23.0. The summed E-state index contributed by atoms with van der Waals surface area (Å²) in [6, 6.07) is 13.9. The maximum atomic E-state index is 12.5. The van der Waals surface area contributed by atoms with Crippen molar-refractivity contribution >= 4 is 11.6 Å². The van der Waals surface area contributed by atoms with Crippen LogP contribution in [0.15, 0.2) is 48.5 Å². The molecule has 1 amide bonds. The highest BCUT2D eigenvalue weighted by Crippen LogP contribution is 2.18. The van der Waals surface area contributed by atoms with E-state index >= 15 is 0 Å². The van der Waals surface area contributed by atoms with Crippen LogP contribution in [-0.2, 0) is 6.42 Å². The van der Waals surface area contributed by atoms with Gasteiger partial charge in [0.2, 0.25) is 0 Å². The first-order valence-corrected chi connectivity index (χ1v) is 10.2. The largest absolute Gasteiger partial charge is 0.494 e. The second-order valence-corrected chi connectivity index (χ2v) is 7.06. The molecular formula is C22H25N5O4. The van der Waals surface area contributed by atoms with Crippen LogP contribution in [0, 0.1) is 17.0 Å². The summed E-state index contributed by atoms with van der Waals surface area (Å²) < 4.78 is 7.07. The monoisotopic (exact) mass is 423 g/mol. The van der Waals surface area contributed by atoms with Crippen molar-refractivity contribution in [3.8, 4) is 11.4 Å². The Kier molecular flexibility index (Phi) is 7.31. The number of benzene rings is 2. The molecule has 0 saturated carbocycles. The molecule has 0 atom stereocenters. The van der Waals surface area contributed by atoms with Crippen LogP contribution in [0.25, 0.3) is 5.69 Å². The Bertz CT molecular complexity index is 1050. The molecule has 0 aliphatic heterocycles. The topological polar surface area (TPSA) is 112 Å². The van der Waals surface area contributed by atoms with Crippen LogP contribution in [0.4, 0.5) is 5.69 Å². The van der Waals surface area contributed by atoms with Crippen molar-refractivity contribution in [1.82, 2.24) is 20.3 Å². The Hall–Kier alpha value is -3.75. The third-order valence-electron chi connectivity index (χ3n) is 4.78. The number of non-ortho nitro benzene ring substituents is 1. The van der Waals surface area contributed by atoms with Gasteiger partial charge in [-0.25, -0.2) is 4.68 Å². The van der Waals surface area contributed by atoms with Gasteiger partial charge in [-0.3, -0.25) is 14.9 Å². The molecule has 2 aromatic carbocycles. The SMILES string of the molecule is CCCCOc1ccc(CCNC(=O)c2nnn(-c3cccc([N+](=O)[O-])c3)c2C)cc1. The van der Waals surface area contributed by atoms with Crippen molar-refractivity contribution in [3.63, 3.8) is 0 Å². The number of hydrogen-bond donors (Lipinski definition) is 1. The number of carbonyl (C=O) groups is 1. The minimum absolute atomic E-state index is 0.0554. The minimum Gasteiger partial charge on any atom is -0.494 e. The van der Waals surface area contributed by atoms with E-state index in [-0.39, 0.29) is 17.3 Å². The van der Waals surface area contributed by atoms with E-state index in [1.54, 1.807) is 19.1 Å². The van der Waals surface area contributed by atoms with Gasteiger partial charge in [-0.15, -0.1) is 5.10 Å². The van der Waals surface area contributed by atoms with Gasteiger partial charge in [0.05, 0.1) is 22.9 Å². The molecule has 0 saturated heterocycles. The third-order valence-corrected chi connectivity index (χ3v) is 4.78. The zero-order valence-corrected chi connectivity index (χ0v) is 17.6. The molecule has 0 aliphatic rings. The van der Waals surface area contributed by atoms with Crippen molar-refractivity contribution in [1.29, 1.82) is 0 Å². The van der Waals surface area contributed by atoms with E-state index in [4.69, 9.17) is 4.74 Å². The van der Waals surface area contributed by atoms with Crippen molar-refractivity contribution in [2.45, 2.75) is 33.1 Å². The van der Waals surface area contributed by atoms with Gasteiger partial charge in [-0.1, -0.05) is 36.8 Å². The van der Waals surface area contributed by atoms with Gasteiger partial charge in [0.15, 0.2) is 5.69 Å². The van der Waals surface area contributed by atoms with Crippen LogP contribution in [0.2, 0.25) is 0 Å². The molecule has 3 aromatic rings. The quantitative estimate of drug-likeness (QED) is 0.303. The second kappa shape index (κ2) is 10.3. The zero-order valence-electron chi connectivity index (χ0n) is 17.6. The highest BCUT2D eigenvalue weighted by molar-refractivity contribution is 5.93. The fraction of sp³-hybridized carbons (Fsp3) is 0.318. The molecule has 1 aromatic heterocycles. The van der Waals surface area contributed by atoms with Gasteiger partial charge in [0.25, 0.3) is 11.6 Å². The first-order valence-electron chi connectivity index (χ1n) is 10.2. The Morgan fingerprint density at radius 2 is 2.00 bits per heavy atom. The number of unbranched alkanes of at least 4 members (excludes halogenated alkanes) is 1. The van der Waals surface area contributed by atoms with Crippen molar-refractivity contribution < 1.29 is 14.5 Å². The van der Waals surface area contributed by atoms with Crippen molar-refractivity contribution in [2.75, 3.05) is 13.2 Å². The number of nitrogens with one attached hydrogen (secondary N) is 1. The fourth-order valence-electron chi connectivity index (χ4n) is 3.01. The third kappa shape index (κ3) is 5.65. The number of amides is 1. The molecule has 1 N–H and O–H groups in total. The number of nitrogens with zero attached hydrogens (tertiary/aromatic N) is 4. The highest BCUT2D eigenvalue weighted by Gasteiger charge is 2.18. The van der Waals surface area contributed by atoms with Crippen molar-refractivity contribution in [2.24, 2.45) is 0 Å². The number of rotatable bonds is 10. The Balaban J connectivity index is 1.57. The highest BCUT2D eigenvalue weighted by atomic mass is 16.6. The van der Waals surface area contributed by atoms with Crippen LogP contribution in [0.5, 0.6) is 5.75 Å². The van der Waals surface area contributed by atoms with Crippen LogP contribution < -0.4 is 10.1 Å². The average molecular weight is 423 g/mol. The van der Waals surface area contributed by atoms with Gasteiger partial charge in [-0.2, -0.15) is 0 Å². The van der Waals surface area contributed by atoms with E-state index < -0.39 is 4.92 Å². The number of nitro benzene ring substituents is 1. The summed E-state index contributed by atoms with van der Waals surface area (Å²) in [5.74, 6) is 0.503. The number of hydrogen-bond acceptors (Lipinski definition) is 6. The lowest BCUT2D eigenvalue weighted by molar-refractivity contribution is -0.384. The van der Waals surface area contributed by atoms with E-state index in [0.717, 1.165) is 24.2 Å². The fourth-order valence-corrected chi connectivity index (χ4v) is 3.01. The van der Waals surface area contributed by atoms with E-state index in [1.165, 1.54) is 16.8 Å². The van der Waals surface area contributed by atoms with Crippen LogP contribution in [0.3, 0.4) is 0 Å². The summed E-state index contributed by atoms with van der Waals surface area (Å²) in [5.41, 5.74) is 2.19. The number of ether oxygens (including phenoxy) is 1. The van der Waals surface area contributed by atoms with Gasteiger partial charge in [-0.05, 0) is 43.5 Å². The molecule has 3 rings (SSSR count).